The van der Waals surface area contributed by atoms with Crippen LogP contribution in [0.15, 0.2) is 49.1 Å². The number of nitrogens with one attached hydrogen (secondary N) is 1. The average Bonchev–Trinajstić information content (AvgIpc) is 3.30. The lowest BCUT2D eigenvalue weighted by molar-refractivity contribution is 0.394. The minimum atomic E-state index is 0.146. The van der Waals surface area contributed by atoms with Crippen molar-refractivity contribution in [3.05, 3.63) is 54.3 Å². The molecule has 3 aromatic heterocycles. The molecule has 0 saturated heterocycles. The first-order valence-corrected chi connectivity index (χ1v) is 8.09. The molecular weight excluding hydrogens is 356 g/mol. The van der Waals surface area contributed by atoms with Gasteiger partial charge in [0.2, 0.25) is 5.28 Å². The zero-order chi connectivity index (χ0) is 18.1. The molecule has 4 rings (SSSR count). The summed E-state index contributed by atoms with van der Waals surface area (Å²) in [6.45, 7) is 0. The van der Waals surface area contributed by atoms with Crippen molar-refractivity contribution in [2.45, 2.75) is 0 Å². The van der Waals surface area contributed by atoms with Gasteiger partial charge >= 0.3 is 0 Å². The molecule has 0 atom stereocenters. The second-order valence-electron chi connectivity index (χ2n) is 5.43. The third-order valence-corrected chi connectivity index (χ3v) is 3.99. The number of methoxy groups -OCH3 is 2. The molecule has 1 aromatic carbocycles. The van der Waals surface area contributed by atoms with Crippen LogP contribution in [0.5, 0.6) is 11.5 Å². The molecule has 26 heavy (non-hydrogen) atoms. The lowest BCUT2D eigenvalue weighted by atomic mass is 10.2. The molecule has 0 aliphatic carbocycles. The zero-order valence-electron chi connectivity index (χ0n) is 14.0. The van der Waals surface area contributed by atoms with Crippen molar-refractivity contribution in [3.63, 3.8) is 0 Å². The topological polar surface area (TPSA) is 78.5 Å². The Kier molecular flexibility index (Phi) is 4.10. The summed E-state index contributed by atoms with van der Waals surface area (Å²) in [6.07, 6.45) is 5.33. The Morgan fingerprint density at radius 2 is 1.88 bits per heavy atom. The fourth-order valence-corrected chi connectivity index (χ4v) is 2.76. The van der Waals surface area contributed by atoms with E-state index in [1.165, 1.54) is 0 Å². The Balaban J connectivity index is 1.67. The highest BCUT2D eigenvalue weighted by Gasteiger charge is 2.10. The molecular formula is C17H15ClN6O2. The van der Waals surface area contributed by atoms with Gasteiger partial charge < -0.3 is 19.4 Å². The van der Waals surface area contributed by atoms with Crippen LogP contribution in [0.1, 0.15) is 0 Å². The normalized spacial score (nSPS) is 10.9. The monoisotopic (exact) mass is 370 g/mol. The van der Waals surface area contributed by atoms with E-state index in [0.717, 1.165) is 11.2 Å². The molecule has 0 bridgehead atoms. The maximum absolute atomic E-state index is 5.98. The Bertz CT molecular complexity index is 1050. The van der Waals surface area contributed by atoms with Gasteiger partial charge in [0.05, 0.1) is 26.1 Å². The van der Waals surface area contributed by atoms with Gasteiger partial charge in [0.25, 0.3) is 0 Å². The number of imidazole rings is 1. The molecule has 0 amide bonds. The minimum absolute atomic E-state index is 0.146. The van der Waals surface area contributed by atoms with Crippen LogP contribution in [0.4, 0.5) is 11.6 Å². The summed E-state index contributed by atoms with van der Waals surface area (Å²) in [6, 6.07) is 9.35. The number of hydrogen-bond donors (Lipinski definition) is 1. The number of hydrogen-bond acceptors (Lipinski definition) is 6. The fraction of sp³-hybridized carbons (Fsp3) is 0.118. The third-order valence-electron chi connectivity index (χ3n) is 3.83. The van der Waals surface area contributed by atoms with Gasteiger partial charge in [0.1, 0.15) is 29.2 Å². The highest BCUT2D eigenvalue weighted by molar-refractivity contribution is 6.28. The summed E-state index contributed by atoms with van der Waals surface area (Å²) < 4.78 is 14.1. The van der Waals surface area contributed by atoms with Crippen molar-refractivity contribution < 1.29 is 9.47 Å². The maximum Gasteiger partial charge on any atom is 0.243 e. The molecule has 0 aliphatic heterocycles. The van der Waals surface area contributed by atoms with Gasteiger partial charge in [-0.3, -0.25) is 0 Å². The average molecular weight is 371 g/mol. The number of halogens is 1. The number of fused-ring (bicyclic) bond motifs is 1. The standard InChI is InChI=1S/C17H15ClN6O2/c1-25-12-6-11(7-13(8-12)26-2)23-9-15(19-10-23)20-16-14-4-3-5-24(14)22-17(18)21-16/h3-10H,1-2H3,(H,20,21,22). The summed E-state index contributed by atoms with van der Waals surface area (Å²) in [5.74, 6) is 2.58. The summed E-state index contributed by atoms with van der Waals surface area (Å²) in [4.78, 5) is 8.62. The summed E-state index contributed by atoms with van der Waals surface area (Å²) in [5.41, 5.74) is 1.65. The fourth-order valence-electron chi connectivity index (χ4n) is 2.59. The Hall–Kier alpha value is -3.26. The van der Waals surface area contributed by atoms with Crippen molar-refractivity contribution in [1.29, 1.82) is 0 Å². The van der Waals surface area contributed by atoms with Gasteiger partial charge in [0.15, 0.2) is 5.82 Å². The van der Waals surface area contributed by atoms with E-state index in [1.807, 2.05) is 41.1 Å². The molecule has 0 unspecified atom stereocenters. The van der Waals surface area contributed by atoms with Crippen LogP contribution in [0.25, 0.3) is 11.2 Å². The SMILES string of the molecule is COc1cc(OC)cc(-n2cnc(Nc3nc(Cl)nn4cccc34)c2)c1. The van der Waals surface area contributed by atoms with Crippen LogP contribution < -0.4 is 14.8 Å². The summed E-state index contributed by atoms with van der Waals surface area (Å²) in [5, 5.41) is 7.42. The number of benzene rings is 1. The molecule has 0 radical (unpaired) electrons. The van der Waals surface area contributed by atoms with Crippen LogP contribution in [-0.4, -0.2) is 38.4 Å². The Morgan fingerprint density at radius 3 is 2.62 bits per heavy atom. The van der Waals surface area contributed by atoms with E-state index in [4.69, 9.17) is 21.1 Å². The minimum Gasteiger partial charge on any atom is -0.497 e. The van der Waals surface area contributed by atoms with Crippen LogP contribution in [0.2, 0.25) is 5.28 Å². The second-order valence-corrected chi connectivity index (χ2v) is 5.77. The van der Waals surface area contributed by atoms with Crippen molar-refractivity contribution >= 4 is 28.8 Å². The molecule has 0 saturated carbocycles. The molecule has 0 fully saturated rings. The van der Waals surface area contributed by atoms with E-state index < -0.39 is 0 Å². The number of rotatable bonds is 5. The number of anilines is 2. The molecule has 4 aromatic rings. The first-order chi connectivity index (χ1) is 12.7. The van der Waals surface area contributed by atoms with E-state index in [9.17, 15) is 0 Å². The molecule has 1 N–H and O–H groups in total. The van der Waals surface area contributed by atoms with Crippen molar-refractivity contribution in [1.82, 2.24) is 24.1 Å². The van der Waals surface area contributed by atoms with Crippen molar-refractivity contribution in [2.75, 3.05) is 19.5 Å². The van der Waals surface area contributed by atoms with Crippen LogP contribution >= 0.6 is 11.6 Å². The van der Waals surface area contributed by atoms with E-state index in [1.54, 1.807) is 31.3 Å². The van der Waals surface area contributed by atoms with Crippen molar-refractivity contribution in [3.8, 4) is 17.2 Å². The van der Waals surface area contributed by atoms with E-state index in [2.05, 4.69) is 20.4 Å². The molecule has 0 aliphatic rings. The largest absolute Gasteiger partial charge is 0.497 e. The molecule has 9 heteroatoms. The van der Waals surface area contributed by atoms with Gasteiger partial charge in [-0.05, 0) is 23.7 Å². The van der Waals surface area contributed by atoms with Gasteiger partial charge in [0, 0.05) is 24.4 Å². The van der Waals surface area contributed by atoms with Gasteiger partial charge in [-0.25, -0.2) is 9.50 Å². The van der Waals surface area contributed by atoms with E-state index in [0.29, 0.717) is 23.1 Å². The van der Waals surface area contributed by atoms with Gasteiger partial charge in [-0.2, -0.15) is 4.98 Å². The summed E-state index contributed by atoms with van der Waals surface area (Å²) >= 11 is 5.98. The maximum atomic E-state index is 5.98. The molecule has 0 spiro atoms. The van der Waals surface area contributed by atoms with Crippen LogP contribution in [0, 0.1) is 0 Å². The van der Waals surface area contributed by atoms with E-state index >= 15 is 0 Å². The third kappa shape index (κ3) is 3.02. The van der Waals surface area contributed by atoms with E-state index in [-0.39, 0.29) is 5.28 Å². The second kappa shape index (κ2) is 6.57. The molecule has 132 valence electrons. The Labute approximate surface area is 154 Å². The lowest BCUT2D eigenvalue weighted by Crippen LogP contribution is -2.01. The predicted molar refractivity (Wildman–Crippen MR) is 97.9 cm³/mol. The number of ether oxygens (including phenoxy) is 2. The van der Waals surface area contributed by atoms with Gasteiger partial charge in [-0.1, -0.05) is 0 Å². The molecule has 3 heterocycles. The smallest absolute Gasteiger partial charge is 0.243 e. The van der Waals surface area contributed by atoms with Crippen LogP contribution in [0.3, 0.4) is 0 Å². The molecule has 8 nitrogen and oxygen atoms in total. The highest BCUT2D eigenvalue weighted by Crippen LogP contribution is 2.26. The van der Waals surface area contributed by atoms with Crippen LogP contribution in [-0.2, 0) is 0 Å². The summed E-state index contributed by atoms with van der Waals surface area (Å²) in [7, 11) is 3.22. The highest BCUT2D eigenvalue weighted by atomic mass is 35.5. The predicted octanol–water partition coefficient (Wildman–Crippen LogP) is 3.33. The number of aromatic nitrogens is 5. The lowest BCUT2D eigenvalue weighted by Gasteiger charge is -2.09. The zero-order valence-corrected chi connectivity index (χ0v) is 14.8. The quantitative estimate of drug-likeness (QED) is 0.580. The first kappa shape index (κ1) is 16.2. The first-order valence-electron chi connectivity index (χ1n) is 7.71. The number of nitrogens with zero attached hydrogens (tertiary/aromatic N) is 5. The van der Waals surface area contributed by atoms with Crippen molar-refractivity contribution in [2.24, 2.45) is 0 Å². The Morgan fingerprint density at radius 1 is 1.12 bits per heavy atom. The van der Waals surface area contributed by atoms with Gasteiger partial charge in [-0.15, -0.1) is 5.10 Å².